The Hall–Kier alpha value is -2.27. The number of anilines is 1. The van der Waals surface area contributed by atoms with Crippen molar-refractivity contribution >= 4 is 27.6 Å². The number of nitrogens with one attached hydrogen (secondary N) is 1. The van der Waals surface area contributed by atoms with Gasteiger partial charge in [0.25, 0.3) is 0 Å². The molecule has 0 unspecified atom stereocenters. The van der Waals surface area contributed by atoms with E-state index in [1.54, 1.807) is 7.11 Å². The number of methoxy groups -OCH3 is 1. The molecule has 4 rings (SSSR count). The van der Waals surface area contributed by atoms with Gasteiger partial charge in [-0.3, -0.25) is 0 Å². The fraction of sp³-hybridized carbons (Fsp3) is 0.318. The molecule has 5 heteroatoms. The van der Waals surface area contributed by atoms with E-state index in [0.29, 0.717) is 18.1 Å². The van der Waals surface area contributed by atoms with E-state index in [4.69, 9.17) is 9.47 Å². The minimum atomic E-state index is -0.290. The minimum Gasteiger partial charge on any atom is -0.496 e. The first-order valence-electron chi connectivity index (χ1n) is 9.20. The third-order valence-corrected chi connectivity index (χ3v) is 5.91. The van der Waals surface area contributed by atoms with Crippen molar-refractivity contribution < 1.29 is 14.3 Å². The second kappa shape index (κ2) is 7.39. The van der Waals surface area contributed by atoms with Gasteiger partial charge in [0.15, 0.2) is 0 Å². The van der Waals surface area contributed by atoms with Crippen molar-refractivity contribution in [1.82, 2.24) is 0 Å². The van der Waals surface area contributed by atoms with Gasteiger partial charge < -0.3 is 14.8 Å². The predicted molar refractivity (Wildman–Crippen MR) is 109 cm³/mol. The zero-order valence-electron chi connectivity index (χ0n) is 15.4. The normalized spacial score (nSPS) is 22.6. The number of hydrogen-bond acceptors (Lipinski definition) is 4. The standard InChI is InChI=1S/C22H22BrNO3/c1-3-27-22(25)17-9-5-8-15-14-6-4-7-16(14)21(24-20(15)17)18-12-13(23)10-11-19(18)26-2/h4-6,8-12,14,16,21,24H,3,7H2,1-2H3/t14-,16-,21+/m0/s1. The summed E-state index contributed by atoms with van der Waals surface area (Å²) in [7, 11) is 1.69. The van der Waals surface area contributed by atoms with Crippen molar-refractivity contribution in [3.8, 4) is 5.75 Å². The van der Waals surface area contributed by atoms with Crippen molar-refractivity contribution in [3.63, 3.8) is 0 Å². The monoisotopic (exact) mass is 427 g/mol. The van der Waals surface area contributed by atoms with Crippen LogP contribution in [0.3, 0.4) is 0 Å². The summed E-state index contributed by atoms with van der Waals surface area (Å²) >= 11 is 3.58. The fourth-order valence-corrected chi connectivity index (χ4v) is 4.64. The fourth-order valence-electron chi connectivity index (χ4n) is 4.26. The van der Waals surface area contributed by atoms with Crippen molar-refractivity contribution in [2.75, 3.05) is 19.0 Å². The van der Waals surface area contributed by atoms with Crippen LogP contribution in [0.2, 0.25) is 0 Å². The molecule has 0 saturated heterocycles. The molecule has 0 bridgehead atoms. The van der Waals surface area contributed by atoms with Crippen LogP contribution in [0.15, 0.2) is 53.0 Å². The highest BCUT2D eigenvalue weighted by atomic mass is 79.9. The zero-order valence-corrected chi connectivity index (χ0v) is 17.0. The summed E-state index contributed by atoms with van der Waals surface area (Å²) < 4.78 is 11.9. The molecular weight excluding hydrogens is 406 g/mol. The number of allylic oxidation sites excluding steroid dienone is 2. The minimum absolute atomic E-state index is 0.0422. The lowest BCUT2D eigenvalue weighted by Gasteiger charge is -2.38. The zero-order chi connectivity index (χ0) is 19.0. The SMILES string of the molecule is CCOC(=O)c1cccc2c1N[C@@H](c1cc(Br)ccc1OC)[C@H]1CC=C[C@@H]21. The molecule has 2 aromatic rings. The van der Waals surface area contributed by atoms with Gasteiger partial charge >= 0.3 is 5.97 Å². The predicted octanol–water partition coefficient (Wildman–Crippen LogP) is 5.46. The number of halogens is 1. The lowest BCUT2D eigenvalue weighted by molar-refractivity contribution is 0.0527. The molecule has 140 valence electrons. The molecule has 0 saturated carbocycles. The van der Waals surface area contributed by atoms with Crippen LogP contribution >= 0.6 is 15.9 Å². The lowest BCUT2D eigenvalue weighted by atomic mass is 9.76. The Morgan fingerprint density at radius 1 is 1.26 bits per heavy atom. The van der Waals surface area contributed by atoms with Gasteiger partial charge in [-0.15, -0.1) is 0 Å². The van der Waals surface area contributed by atoms with Crippen LogP contribution in [-0.4, -0.2) is 19.7 Å². The quantitative estimate of drug-likeness (QED) is 0.519. The number of rotatable bonds is 4. The van der Waals surface area contributed by atoms with Crippen LogP contribution in [0.25, 0.3) is 0 Å². The average molecular weight is 428 g/mol. The molecule has 4 nitrogen and oxygen atoms in total. The summed E-state index contributed by atoms with van der Waals surface area (Å²) in [6.45, 7) is 2.18. The molecule has 0 amide bonds. The first-order chi connectivity index (χ1) is 13.1. The van der Waals surface area contributed by atoms with E-state index < -0.39 is 0 Å². The Morgan fingerprint density at radius 2 is 2.11 bits per heavy atom. The van der Waals surface area contributed by atoms with Crippen LogP contribution in [0, 0.1) is 5.92 Å². The molecule has 1 aliphatic carbocycles. The molecular formula is C22H22BrNO3. The number of para-hydroxylation sites is 1. The number of fused-ring (bicyclic) bond motifs is 3. The van der Waals surface area contributed by atoms with Crippen molar-refractivity contribution in [1.29, 1.82) is 0 Å². The van der Waals surface area contributed by atoms with Crippen molar-refractivity contribution in [2.45, 2.75) is 25.3 Å². The molecule has 2 aliphatic rings. The van der Waals surface area contributed by atoms with Crippen LogP contribution < -0.4 is 10.1 Å². The maximum Gasteiger partial charge on any atom is 0.340 e. The second-order valence-corrected chi connectivity index (χ2v) is 7.77. The Bertz CT molecular complexity index is 908. The van der Waals surface area contributed by atoms with Gasteiger partial charge in [0.1, 0.15) is 5.75 Å². The number of benzene rings is 2. The summed E-state index contributed by atoms with van der Waals surface area (Å²) in [5, 5.41) is 3.65. The number of hydrogen-bond donors (Lipinski definition) is 1. The van der Waals surface area contributed by atoms with Gasteiger partial charge in [0, 0.05) is 16.0 Å². The van der Waals surface area contributed by atoms with E-state index in [1.807, 2.05) is 31.2 Å². The van der Waals surface area contributed by atoms with Gasteiger partial charge in [0.05, 0.1) is 31.0 Å². The Morgan fingerprint density at radius 3 is 2.89 bits per heavy atom. The largest absolute Gasteiger partial charge is 0.496 e. The van der Waals surface area contributed by atoms with Gasteiger partial charge in [-0.1, -0.05) is 40.2 Å². The maximum absolute atomic E-state index is 12.5. The van der Waals surface area contributed by atoms with Crippen LogP contribution in [0.4, 0.5) is 5.69 Å². The van der Waals surface area contributed by atoms with Crippen molar-refractivity contribution in [2.24, 2.45) is 5.92 Å². The van der Waals surface area contributed by atoms with Crippen molar-refractivity contribution in [3.05, 3.63) is 69.7 Å². The average Bonchev–Trinajstić information content (AvgIpc) is 3.17. The summed E-state index contributed by atoms with van der Waals surface area (Å²) in [6.07, 6.45) is 5.48. The number of ether oxygens (including phenoxy) is 2. The highest BCUT2D eigenvalue weighted by Crippen LogP contribution is 2.52. The first kappa shape index (κ1) is 18.1. The molecule has 0 spiro atoms. The molecule has 0 radical (unpaired) electrons. The highest BCUT2D eigenvalue weighted by molar-refractivity contribution is 9.10. The van der Waals surface area contributed by atoms with Gasteiger partial charge in [-0.2, -0.15) is 0 Å². The van der Waals surface area contributed by atoms with E-state index in [0.717, 1.165) is 33.5 Å². The van der Waals surface area contributed by atoms with E-state index in [-0.39, 0.29) is 17.9 Å². The second-order valence-electron chi connectivity index (χ2n) is 6.85. The van der Waals surface area contributed by atoms with E-state index in [9.17, 15) is 4.79 Å². The number of carbonyl (C=O) groups is 1. The van der Waals surface area contributed by atoms with Crippen LogP contribution in [0.1, 0.15) is 46.8 Å². The summed E-state index contributed by atoms with van der Waals surface area (Å²) in [6, 6.07) is 12.0. The van der Waals surface area contributed by atoms with Crippen LogP contribution in [0.5, 0.6) is 5.75 Å². The molecule has 0 aromatic heterocycles. The lowest BCUT2D eigenvalue weighted by Crippen LogP contribution is -2.30. The summed E-state index contributed by atoms with van der Waals surface area (Å²) in [5.74, 6) is 1.20. The Balaban J connectivity index is 1.83. The van der Waals surface area contributed by atoms with Gasteiger partial charge in [0.2, 0.25) is 0 Å². The highest BCUT2D eigenvalue weighted by Gasteiger charge is 2.40. The maximum atomic E-state index is 12.5. The molecule has 1 aliphatic heterocycles. The Kier molecular flexibility index (Phi) is 4.96. The smallest absolute Gasteiger partial charge is 0.340 e. The number of esters is 1. The van der Waals surface area contributed by atoms with E-state index >= 15 is 0 Å². The summed E-state index contributed by atoms with van der Waals surface area (Å²) in [5.41, 5.74) is 3.71. The molecule has 1 heterocycles. The Labute approximate surface area is 167 Å². The van der Waals surface area contributed by atoms with Gasteiger partial charge in [-0.25, -0.2) is 4.79 Å². The third-order valence-electron chi connectivity index (χ3n) is 5.42. The molecule has 2 aromatic carbocycles. The van der Waals surface area contributed by atoms with E-state index in [2.05, 4.69) is 45.5 Å². The first-order valence-corrected chi connectivity index (χ1v) is 10.00. The van der Waals surface area contributed by atoms with Gasteiger partial charge in [-0.05, 0) is 49.1 Å². The molecule has 0 fully saturated rings. The van der Waals surface area contributed by atoms with E-state index in [1.165, 1.54) is 0 Å². The topological polar surface area (TPSA) is 47.6 Å². The summed E-state index contributed by atoms with van der Waals surface area (Å²) in [4.78, 5) is 12.5. The third kappa shape index (κ3) is 3.14. The molecule has 1 N–H and O–H groups in total. The number of carbonyl (C=O) groups excluding carboxylic acids is 1. The molecule has 3 atom stereocenters. The van der Waals surface area contributed by atoms with Crippen LogP contribution in [-0.2, 0) is 4.74 Å². The molecule has 27 heavy (non-hydrogen) atoms.